The van der Waals surface area contributed by atoms with Crippen molar-refractivity contribution >= 4 is 17.5 Å². The zero-order valence-electron chi connectivity index (χ0n) is 14.7. The summed E-state index contributed by atoms with van der Waals surface area (Å²) < 4.78 is 5.32. The van der Waals surface area contributed by atoms with Gasteiger partial charge in [-0.25, -0.2) is 0 Å². The first-order valence-corrected chi connectivity index (χ1v) is 9.08. The van der Waals surface area contributed by atoms with E-state index in [4.69, 9.17) is 4.74 Å². The topological polar surface area (TPSA) is 79.5 Å². The highest BCUT2D eigenvalue weighted by molar-refractivity contribution is 5.93. The van der Waals surface area contributed by atoms with E-state index >= 15 is 0 Å². The highest BCUT2D eigenvalue weighted by atomic mass is 16.5. The van der Waals surface area contributed by atoms with Crippen molar-refractivity contribution in [1.29, 1.82) is 0 Å². The van der Waals surface area contributed by atoms with Gasteiger partial charge >= 0.3 is 0 Å². The second-order valence-electron chi connectivity index (χ2n) is 7.04. The standard InChI is InChI=1S/C19H27N3O3/c1-13-2-4-16(5-3-13)21-18(23)14-10-15(12-20-11-14)19(24)22-17-6-8-25-9-7-17/h2-5,14-15,17,20H,6-12H2,1H3,(H,21,23)(H,22,24)/t14-,15+/m0/s1. The zero-order valence-corrected chi connectivity index (χ0v) is 14.7. The third kappa shape index (κ3) is 5.03. The number of rotatable bonds is 4. The van der Waals surface area contributed by atoms with Crippen LogP contribution in [-0.2, 0) is 14.3 Å². The van der Waals surface area contributed by atoms with Gasteiger partial charge in [0.25, 0.3) is 0 Å². The lowest BCUT2D eigenvalue weighted by Gasteiger charge is -2.31. The van der Waals surface area contributed by atoms with Crippen molar-refractivity contribution in [3.8, 4) is 0 Å². The molecule has 6 heteroatoms. The van der Waals surface area contributed by atoms with Gasteiger partial charge in [0.05, 0.1) is 11.8 Å². The van der Waals surface area contributed by atoms with E-state index in [2.05, 4.69) is 16.0 Å². The number of hydrogen-bond acceptors (Lipinski definition) is 4. The minimum absolute atomic E-state index is 0.0279. The molecule has 0 aromatic heterocycles. The number of carbonyl (C=O) groups excluding carboxylic acids is 2. The Hall–Kier alpha value is -1.92. The van der Waals surface area contributed by atoms with Gasteiger partial charge in [-0.05, 0) is 38.3 Å². The molecule has 2 saturated heterocycles. The van der Waals surface area contributed by atoms with Gasteiger partial charge in [0.1, 0.15) is 0 Å². The monoisotopic (exact) mass is 345 g/mol. The number of amides is 2. The molecule has 0 spiro atoms. The van der Waals surface area contributed by atoms with Crippen molar-refractivity contribution in [3.63, 3.8) is 0 Å². The van der Waals surface area contributed by atoms with E-state index in [0.29, 0.717) is 32.7 Å². The molecular weight excluding hydrogens is 318 g/mol. The summed E-state index contributed by atoms with van der Waals surface area (Å²) in [7, 11) is 0. The smallest absolute Gasteiger partial charge is 0.228 e. The van der Waals surface area contributed by atoms with Gasteiger partial charge in [-0.3, -0.25) is 9.59 Å². The van der Waals surface area contributed by atoms with Crippen LogP contribution in [0.5, 0.6) is 0 Å². The van der Waals surface area contributed by atoms with Crippen LogP contribution >= 0.6 is 0 Å². The number of anilines is 1. The van der Waals surface area contributed by atoms with E-state index in [0.717, 1.165) is 24.1 Å². The number of piperidine rings is 1. The van der Waals surface area contributed by atoms with Crippen LogP contribution in [0.15, 0.2) is 24.3 Å². The van der Waals surface area contributed by atoms with Crippen molar-refractivity contribution in [2.75, 3.05) is 31.6 Å². The lowest BCUT2D eigenvalue weighted by atomic mass is 9.88. The van der Waals surface area contributed by atoms with Crippen LogP contribution < -0.4 is 16.0 Å². The molecule has 0 bridgehead atoms. The zero-order chi connectivity index (χ0) is 17.6. The quantitative estimate of drug-likeness (QED) is 0.772. The van der Waals surface area contributed by atoms with Gasteiger partial charge in [-0.2, -0.15) is 0 Å². The Morgan fingerprint density at radius 1 is 1.04 bits per heavy atom. The SMILES string of the molecule is Cc1ccc(NC(=O)[C@@H]2CNC[C@H](C(=O)NC3CCOCC3)C2)cc1. The fourth-order valence-electron chi connectivity index (χ4n) is 3.38. The summed E-state index contributed by atoms with van der Waals surface area (Å²) in [4.78, 5) is 25.0. The number of nitrogens with one attached hydrogen (secondary N) is 3. The van der Waals surface area contributed by atoms with E-state index < -0.39 is 0 Å². The van der Waals surface area contributed by atoms with Crippen molar-refractivity contribution in [2.24, 2.45) is 11.8 Å². The fourth-order valence-corrected chi connectivity index (χ4v) is 3.38. The molecule has 0 aliphatic carbocycles. The summed E-state index contributed by atoms with van der Waals surface area (Å²) in [6.45, 7) is 4.66. The van der Waals surface area contributed by atoms with Crippen molar-refractivity contribution < 1.29 is 14.3 Å². The number of carbonyl (C=O) groups is 2. The Bertz CT molecular complexity index is 596. The summed E-state index contributed by atoms with van der Waals surface area (Å²) in [6, 6.07) is 7.94. The Morgan fingerprint density at radius 2 is 1.68 bits per heavy atom. The lowest BCUT2D eigenvalue weighted by molar-refractivity contribution is -0.128. The molecule has 2 aliphatic rings. The van der Waals surface area contributed by atoms with E-state index in [1.54, 1.807) is 0 Å². The predicted octanol–water partition coefficient (Wildman–Crippen LogP) is 1.45. The van der Waals surface area contributed by atoms with Gasteiger partial charge in [-0.15, -0.1) is 0 Å². The maximum Gasteiger partial charge on any atom is 0.228 e. The van der Waals surface area contributed by atoms with Crippen molar-refractivity contribution in [1.82, 2.24) is 10.6 Å². The summed E-state index contributed by atoms with van der Waals surface area (Å²) in [5.41, 5.74) is 1.95. The van der Waals surface area contributed by atoms with Gasteiger partial charge < -0.3 is 20.7 Å². The molecule has 136 valence electrons. The maximum absolute atomic E-state index is 12.5. The molecule has 1 aromatic rings. The third-order valence-corrected chi connectivity index (χ3v) is 4.98. The molecule has 2 fully saturated rings. The van der Waals surface area contributed by atoms with Crippen LogP contribution in [0.3, 0.4) is 0 Å². The molecule has 2 atom stereocenters. The normalized spacial score (nSPS) is 24.5. The van der Waals surface area contributed by atoms with E-state index in [1.165, 1.54) is 0 Å². The van der Waals surface area contributed by atoms with Crippen molar-refractivity contribution in [2.45, 2.75) is 32.2 Å². The summed E-state index contributed by atoms with van der Waals surface area (Å²) in [5.74, 6) is -0.335. The molecule has 2 amide bonds. The fraction of sp³-hybridized carbons (Fsp3) is 0.579. The molecule has 3 N–H and O–H groups in total. The highest BCUT2D eigenvalue weighted by Gasteiger charge is 2.32. The average molecular weight is 345 g/mol. The number of ether oxygens (including phenoxy) is 1. The first-order chi connectivity index (χ1) is 12.1. The summed E-state index contributed by atoms with van der Waals surface area (Å²) in [6.07, 6.45) is 2.31. The van der Waals surface area contributed by atoms with Crippen LogP contribution in [0.2, 0.25) is 0 Å². The molecule has 3 rings (SSSR count). The van der Waals surface area contributed by atoms with E-state index in [-0.39, 0.29) is 29.7 Å². The Kier molecular flexibility index (Phi) is 6.04. The predicted molar refractivity (Wildman–Crippen MR) is 96.3 cm³/mol. The summed E-state index contributed by atoms with van der Waals surface area (Å²) in [5, 5.41) is 9.30. The lowest BCUT2D eigenvalue weighted by Crippen LogP contribution is -2.49. The number of aryl methyl sites for hydroxylation is 1. The first-order valence-electron chi connectivity index (χ1n) is 9.08. The van der Waals surface area contributed by atoms with Crippen molar-refractivity contribution in [3.05, 3.63) is 29.8 Å². The summed E-state index contributed by atoms with van der Waals surface area (Å²) >= 11 is 0. The molecule has 0 unspecified atom stereocenters. The van der Waals surface area contributed by atoms with Crippen LogP contribution in [-0.4, -0.2) is 44.2 Å². The largest absolute Gasteiger partial charge is 0.381 e. The van der Waals surface area contributed by atoms with Crippen LogP contribution in [0.1, 0.15) is 24.8 Å². The molecule has 0 saturated carbocycles. The number of benzene rings is 1. The minimum Gasteiger partial charge on any atom is -0.381 e. The van der Waals surface area contributed by atoms with Crippen LogP contribution in [0.4, 0.5) is 5.69 Å². The molecule has 6 nitrogen and oxygen atoms in total. The second-order valence-corrected chi connectivity index (χ2v) is 7.04. The van der Waals surface area contributed by atoms with E-state index in [1.807, 2.05) is 31.2 Å². The first kappa shape index (κ1) is 17.9. The minimum atomic E-state index is -0.194. The number of hydrogen-bond donors (Lipinski definition) is 3. The molecule has 25 heavy (non-hydrogen) atoms. The molecule has 2 heterocycles. The molecular formula is C19H27N3O3. The maximum atomic E-state index is 12.5. The molecule has 2 aliphatic heterocycles. The van der Waals surface area contributed by atoms with Gasteiger partial charge in [0.2, 0.25) is 11.8 Å². The molecule has 0 radical (unpaired) electrons. The third-order valence-electron chi connectivity index (χ3n) is 4.98. The average Bonchev–Trinajstić information content (AvgIpc) is 2.64. The van der Waals surface area contributed by atoms with Gasteiger partial charge in [-0.1, -0.05) is 17.7 Å². The van der Waals surface area contributed by atoms with Gasteiger partial charge in [0.15, 0.2) is 0 Å². The van der Waals surface area contributed by atoms with Crippen LogP contribution in [0, 0.1) is 18.8 Å². The Labute approximate surface area is 148 Å². The molecule has 1 aromatic carbocycles. The second kappa shape index (κ2) is 8.45. The van der Waals surface area contributed by atoms with Crippen LogP contribution in [0.25, 0.3) is 0 Å². The van der Waals surface area contributed by atoms with Gasteiger partial charge in [0, 0.05) is 38.0 Å². The Balaban J connectivity index is 1.52. The van der Waals surface area contributed by atoms with E-state index in [9.17, 15) is 9.59 Å². The highest BCUT2D eigenvalue weighted by Crippen LogP contribution is 2.20. The Morgan fingerprint density at radius 3 is 2.36 bits per heavy atom.